The molecular weight excluding hydrogens is 717 g/mol. The molecule has 1 aliphatic rings. The molecule has 0 amide bonds. The predicted octanol–water partition coefficient (Wildman–Crippen LogP) is 11.1. The number of rotatable bonds is 38. The quantitative estimate of drug-likeness (QED) is 0.0162. The first-order chi connectivity index (χ1) is 26.5. The van der Waals surface area contributed by atoms with Gasteiger partial charge in [0, 0.05) is 12.8 Å². The summed E-state index contributed by atoms with van der Waals surface area (Å²) >= 11 is 0. The van der Waals surface area contributed by atoms with Crippen LogP contribution in [0.25, 0.3) is 0 Å². The number of esters is 2. The lowest BCUT2D eigenvalue weighted by atomic mass is 10.0. The lowest BCUT2D eigenvalue weighted by Crippen LogP contribution is -2.37. The van der Waals surface area contributed by atoms with Crippen molar-refractivity contribution in [2.24, 2.45) is 0 Å². The van der Waals surface area contributed by atoms with Gasteiger partial charge in [0.2, 0.25) is 0 Å². The maximum absolute atomic E-state index is 12.7. The van der Waals surface area contributed by atoms with Gasteiger partial charge in [-0.05, 0) is 51.4 Å². The van der Waals surface area contributed by atoms with E-state index < -0.39 is 32.5 Å². The number of carbonyl (C=O) groups is 2. The normalized spacial score (nSPS) is 17.6. The molecule has 11 heteroatoms. The number of allylic oxidation sites excluding steroid dienone is 5. The topological polar surface area (TPSA) is 121 Å². The van der Waals surface area contributed by atoms with Gasteiger partial charge in [0.15, 0.2) is 6.10 Å². The van der Waals surface area contributed by atoms with E-state index in [-0.39, 0.29) is 38.3 Å². The second-order valence-corrected chi connectivity index (χ2v) is 17.6. The van der Waals surface area contributed by atoms with E-state index in [4.69, 9.17) is 23.3 Å². The van der Waals surface area contributed by atoms with Gasteiger partial charge in [-0.3, -0.25) is 18.6 Å². The third-order valence-corrected chi connectivity index (χ3v) is 10.6. The van der Waals surface area contributed by atoms with Gasteiger partial charge >= 0.3 is 19.8 Å². The van der Waals surface area contributed by atoms with E-state index in [0.717, 1.165) is 44.9 Å². The Morgan fingerprint density at radius 2 is 1.22 bits per heavy atom. The van der Waals surface area contributed by atoms with Crippen molar-refractivity contribution < 1.29 is 46.8 Å². The van der Waals surface area contributed by atoms with Crippen LogP contribution in [0.3, 0.4) is 0 Å². The van der Waals surface area contributed by atoms with Crippen LogP contribution in [-0.4, -0.2) is 87.1 Å². The van der Waals surface area contributed by atoms with Crippen LogP contribution in [0.4, 0.5) is 0 Å². The Kier molecular flexibility index (Phi) is 30.9. The molecule has 1 saturated heterocycles. The highest BCUT2D eigenvalue weighted by molar-refractivity contribution is 7.47. The van der Waals surface area contributed by atoms with Crippen LogP contribution in [0, 0.1) is 0 Å². The van der Waals surface area contributed by atoms with Crippen LogP contribution in [0.2, 0.25) is 0 Å². The number of phosphoric ester groups is 1. The van der Waals surface area contributed by atoms with Crippen LogP contribution in [-0.2, 0) is 37.4 Å². The maximum Gasteiger partial charge on any atom is 0.472 e. The Bertz CT molecular complexity index is 1100. The molecule has 10 nitrogen and oxygen atoms in total. The number of hydrogen-bond donors (Lipinski definition) is 1. The third kappa shape index (κ3) is 34.0. The summed E-state index contributed by atoms with van der Waals surface area (Å²) < 4.78 is 40.1. The van der Waals surface area contributed by atoms with E-state index >= 15 is 0 Å². The molecule has 55 heavy (non-hydrogen) atoms. The van der Waals surface area contributed by atoms with Crippen molar-refractivity contribution in [2.75, 3.05) is 47.5 Å². The van der Waals surface area contributed by atoms with Crippen molar-refractivity contribution in [1.82, 2.24) is 0 Å². The Morgan fingerprint density at radius 1 is 0.673 bits per heavy atom. The number of ether oxygens (including phenoxy) is 3. The molecule has 3 unspecified atom stereocenters. The summed E-state index contributed by atoms with van der Waals surface area (Å²) in [4.78, 5) is 35.4. The van der Waals surface area contributed by atoms with Gasteiger partial charge in [0.25, 0.3) is 0 Å². The molecule has 1 rings (SSSR count). The maximum atomic E-state index is 12.7. The second-order valence-electron chi connectivity index (χ2n) is 16.1. The molecule has 0 bridgehead atoms. The summed E-state index contributed by atoms with van der Waals surface area (Å²) in [5.41, 5.74) is 0. The second kappa shape index (κ2) is 33.2. The van der Waals surface area contributed by atoms with Crippen LogP contribution >= 0.6 is 7.82 Å². The van der Waals surface area contributed by atoms with Gasteiger partial charge in [-0.25, -0.2) is 4.57 Å². The van der Waals surface area contributed by atoms with E-state index in [1.54, 1.807) is 0 Å². The molecule has 0 saturated carbocycles. The Labute approximate surface area is 336 Å². The van der Waals surface area contributed by atoms with E-state index in [2.05, 4.69) is 50.3 Å². The Hall–Kier alpha value is -1.81. The summed E-state index contributed by atoms with van der Waals surface area (Å²) in [5, 5.41) is 0. The lowest BCUT2D eigenvalue weighted by molar-refractivity contribution is -0.870. The van der Waals surface area contributed by atoms with E-state index in [0.29, 0.717) is 23.9 Å². The molecule has 1 heterocycles. The number of hydrogen-bond acceptors (Lipinski definition) is 8. The highest BCUT2D eigenvalue weighted by atomic mass is 31.2. The van der Waals surface area contributed by atoms with Gasteiger partial charge in [-0.15, -0.1) is 0 Å². The van der Waals surface area contributed by atoms with Crippen molar-refractivity contribution in [3.05, 3.63) is 36.5 Å². The van der Waals surface area contributed by atoms with Gasteiger partial charge in [0.1, 0.15) is 19.8 Å². The minimum absolute atomic E-state index is 0.0202. The number of epoxide rings is 1. The molecule has 1 aliphatic heterocycles. The largest absolute Gasteiger partial charge is 0.472 e. The average Bonchev–Trinajstić information content (AvgIpc) is 3.88. The first kappa shape index (κ1) is 51.2. The summed E-state index contributed by atoms with van der Waals surface area (Å²) in [7, 11) is 1.44. The minimum atomic E-state index is -4.39. The number of quaternary nitrogens is 1. The molecule has 320 valence electrons. The number of likely N-dealkylation sites (N-methyl/N-ethyl adjacent to an activating group) is 1. The Morgan fingerprint density at radius 3 is 1.84 bits per heavy atom. The predicted molar refractivity (Wildman–Crippen MR) is 224 cm³/mol. The number of unbranched alkanes of at least 4 members (excludes halogenated alkanes) is 15. The van der Waals surface area contributed by atoms with Gasteiger partial charge in [0.05, 0.1) is 40.0 Å². The van der Waals surface area contributed by atoms with Crippen molar-refractivity contribution in [2.45, 2.75) is 186 Å². The summed E-state index contributed by atoms with van der Waals surface area (Å²) in [5.74, 6) is -0.873. The SMILES string of the molecule is CCCCC/C=C\C/C=C\C/C=C\CC1OC1CCCC(=O)OC[C@H](COP(=O)(O)OCC[N+](C)(C)C)OC(=O)CCCCCCCCCCCCCCC. The van der Waals surface area contributed by atoms with Crippen LogP contribution < -0.4 is 0 Å². The number of nitrogens with zero attached hydrogens (tertiary/aromatic N) is 1. The summed E-state index contributed by atoms with van der Waals surface area (Å²) in [6, 6.07) is 0. The van der Waals surface area contributed by atoms with E-state index in [9.17, 15) is 19.0 Å². The summed E-state index contributed by atoms with van der Waals surface area (Å²) in [6.45, 7) is 4.30. The monoisotopic (exact) mass is 799 g/mol. The van der Waals surface area contributed by atoms with E-state index in [1.807, 2.05) is 21.1 Å². The standard InChI is InChI=1S/C44H80NO9P/c1-6-8-10-12-14-16-18-20-22-24-26-28-30-34-44(47)53-40(39-52-55(48,49)51-37-36-45(3,4)5)38-50-43(46)35-31-33-42-41(54-42)32-29-27-25-23-21-19-17-15-13-11-9-7-2/h15,17,21,23,27,29,40-42H,6-14,16,18-20,22,24-26,28,30-39H2,1-5H3/p+1/b17-15-,23-21-,29-27-/t40-,41?,42?/m1/s1. The molecule has 0 aromatic heterocycles. The molecule has 0 aromatic carbocycles. The van der Waals surface area contributed by atoms with Gasteiger partial charge in [-0.1, -0.05) is 140 Å². The lowest BCUT2D eigenvalue weighted by Gasteiger charge is -2.24. The zero-order chi connectivity index (χ0) is 40.5. The molecule has 0 radical (unpaired) electrons. The van der Waals surface area contributed by atoms with Crippen molar-refractivity contribution in [3.63, 3.8) is 0 Å². The number of phosphoric acid groups is 1. The van der Waals surface area contributed by atoms with Crippen LogP contribution in [0.15, 0.2) is 36.5 Å². The van der Waals surface area contributed by atoms with Crippen LogP contribution in [0.1, 0.15) is 168 Å². The molecule has 4 atom stereocenters. The fourth-order valence-electron chi connectivity index (χ4n) is 6.04. The van der Waals surface area contributed by atoms with Crippen LogP contribution in [0.5, 0.6) is 0 Å². The van der Waals surface area contributed by atoms with E-state index in [1.165, 1.54) is 83.5 Å². The molecule has 1 N–H and O–H groups in total. The first-order valence-electron chi connectivity index (χ1n) is 21.8. The van der Waals surface area contributed by atoms with Crippen molar-refractivity contribution >= 4 is 19.8 Å². The van der Waals surface area contributed by atoms with Crippen molar-refractivity contribution in [1.29, 1.82) is 0 Å². The fraction of sp³-hybridized carbons (Fsp3) is 0.818. The molecule has 0 aliphatic carbocycles. The first-order valence-corrected chi connectivity index (χ1v) is 23.3. The smallest absolute Gasteiger partial charge is 0.462 e. The van der Waals surface area contributed by atoms with Crippen molar-refractivity contribution in [3.8, 4) is 0 Å². The highest BCUT2D eigenvalue weighted by Gasteiger charge is 2.36. The molecule has 1 fully saturated rings. The minimum Gasteiger partial charge on any atom is -0.462 e. The summed E-state index contributed by atoms with van der Waals surface area (Å²) in [6.07, 6.45) is 37.8. The average molecular weight is 799 g/mol. The molecular formula is C44H81NO9P+. The molecule has 0 spiro atoms. The van der Waals surface area contributed by atoms with Gasteiger partial charge < -0.3 is 23.6 Å². The fourth-order valence-corrected chi connectivity index (χ4v) is 6.78. The zero-order valence-corrected chi connectivity index (χ0v) is 36.5. The molecule has 0 aromatic rings. The zero-order valence-electron chi connectivity index (χ0n) is 35.6. The van der Waals surface area contributed by atoms with Gasteiger partial charge in [-0.2, -0.15) is 0 Å². The highest BCUT2D eigenvalue weighted by Crippen LogP contribution is 2.43. The Balaban J connectivity index is 2.34. The number of carbonyl (C=O) groups excluding carboxylic acids is 2. The third-order valence-electron chi connectivity index (χ3n) is 9.60.